The van der Waals surface area contributed by atoms with Gasteiger partial charge in [0.1, 0.15) is 10.7 Å². The van der Waals surface area contributed by atoms with Gasteiger partial charge in [0.25, 0.3) is 0 Å². The minimum absolute atomic E-state index is 0.0187. The molecule has 0 aliphatic carbocycles. The predicted molar refractivity (Wildman–Crippen MR) is 80.7 cm³/mol. The van der Waals surface area contributed by atoms with Crippen molar-refractivity contribution in [1.82, 2.24) is 4.72 Å². The monoisotopic (exact) mass is 308 g/mol. The second-order valence-corrected chi connectivity index (χ2v) is 6.41. The van der Waals surface area contributed by atoms with Crippen molar-refractivity contribution in [3.05, 3.63) is 59.4 Å². The zero-order valence-corrected chi connectivity index (χ0v) is 12.5. The summed E-state index contributed by atoms with van der Waals surface area (Å²) in [6.07, 6.45) is 0.922. The van der Waals surface area contributed by atoms with E-state index in [1.165, 1.54) is 11.6 Å². The SMILES string of the molecule is CCc1ccc(CNS(=O)(=O)c2cc(F)ccc2N)cc1. The summed E-state index contributed by atoms with van der Waals surface area (Å²) in [4.78, 5) is -0.243. The lowest BCUT2D eigenvalue weighted by Crippen LogP contribution is -2.24. The van der Waals surface area contributed by atoms with E-state index in [0.29, 0.717) is 0 Å². The molecule has 3 N–H and O–H groups in total. The van der Waals surface area contributed by atoms with Crippen LogP contribution in [0.4, 0.5) is 10.1 Å². The van der Waals surface area contributed by atoms with Crippen LogP contribution >= 0.6 is 0 Å². The zero-order chi connectivity index (χ0) is 15.5. The topological polar surface area (TPSA) is 72.2 Å². The van der Waals surface area contributed by atoms with Crippen molar-refractivity contribution in [2.75, 3.05) is 5.73 Å². The third kappa shape index (κ3) is 3.80. The van der Waals surface area contributed by atoms with E-state index in [0.717, 1.165) is 24.1 Å². The minimum atomic E-state index is -3.84. The van der Waals surface area contributed by atoms with Crippen LogP contribution in [0, 0.1) is 5.82 Å². The fourth-order valence-corrected chi connectivity index (χ4v) is 3.05. The summed E-state index contributed by atoms with van der Waals surface area (Å²) < 4.78 is 39.9. The van der Waals surface area contributed by atoms with Gasteiger partial charge in [0.15, 0.2) is 0 Å². The maximum Gasteiger partial charge on any atom is 0.243 e. The molecule has 0 bridgehead atoms. The van der Waals surface area contributed by atoms with E-state index >= 15 is 0 Å². The fourth-order valence-electron chi connectivity index (χ4n) is 1.89. The number of nitrogens with two attached hydrogens (primary N) is 1. The highest BCUT2D eigenvalue weighted by Crippen LogP contribution is 2.19. The first kappa shape index (κ1) is 15.5. The van der Waals surface area contributed by atoms with E-state index in [9.17, 15) is 12.8 Å². The number of halogens is 1. The van der Waals surface area contributed by atoms with Gasteiger partial charge in [-0.05, 0) is 35.7 Å². The fraction of sp³-hybridized carbons (Fsp3) is 0.200. The average molecular weight is 308 g/mol. The number of sulfonamides is 1. The predicted octanol–water partition coefficient (Wildman–Crippen LogP) is 2.45. The maximum atomic E-state index is 13.2. The van der Waals surface area contributed by atoms with Crippen molar-refractivity contribution in [2.24, 2.45) is 0 Å². The Morgan fingerprint density at radius 3 is 2.33 bits per heavy atom. The van der Waals surface area contributed by atoms with Crippen LogP contribution in [-0.4, -0.2) is 8.42 Å². The normalized spacial score (nSPS) is 11.5. The number of rotatable bonds is 5. The van der Waals surface area contributed by atoms with E-state index in [-0.39, 0.29) is 17.1 Å². The quantitative estimate of drug-likeness (QED) is 0.833. The van der Waals surface area contributed by atoms with E-state index in [1.54, 1.807) is 0 Å². The smallest absolute Gasteiger partial charge is 0.243 e. The van der Waals surface area contributed by atoms with E-state index in [4.69, 9.17) is 5.73 Å². The Labute approximate surface area is 123 Å². The van der Waals surface area contributed by atoms with Crippen molar-refractivity contribution in [2.45, 2.75) is 24.8 Å². The van der Waals surface area contributed by atoms with Gasteiger partial charge in [-0.1, -0.05) is 31.2 Å². The molecular formula is C15H17FN2O2S. The van der Waals surface area contributed by atoms with Gasteiger partial charge >= 0.3 is 0 Å². The second kappa shape index (κ2) is 6.24. The van der Waals surface area contributed by atoms with Crippen LogP contribution in [0.25, 0.3) is 0 Å². The number of anilines is 1. The van der Waals surface area contributed by atoms with Gasteiger partial charge in [-0.25, -0.2) is 17.5 Å². The Bertz CT molecular complexity index is 728. The molecule has 0 aliphatic rings. The van der Waals surface area contributed by atoms with Crippen molar-refractivity contribution in [1.29, 1.82) is 0 Å². The molecule has 0 aromatic heterocycles. The molecule has 4 nitrogen and oxygen atoms in total. The van der Waals surface area contributed by atoms with Crippen molar-refractivity contribution >= 4 is 15.7 Å². The van der Waals surface area contributed by atoms with Crippen molar-refractivity contribution < 1.29 is 12.8 Å². The van der Waals surface area contributed by atoms with Gasteiger partial charge < -0.3 is 5.73 Å². The van der Waals surface area contributed by atoms with Gasteiger partial charge in [0.05, 0.1) is 5.69 Å². The molecular weight excluding hydrogens is 291 g/mol. The lowest BCUT2D eigenvalue weighted by atomic mass is 10.1. The van der Waals surface area contributed by atoms with Gasteiger partial charge in [0, 0.05) is 6.54 Å². The van der Waals surface area contributed by atoms with Crippen molar-refractivity contribution in [3.8, 4) is 0 Å². The standard InChI is InChI=1S/C15H17FN2O2S/c1-2-11-3-5-12(6-4-11)10-18-21(19,20)15-9-13(16)7-8-14(15)17/h3-9,18H,2,10,17H2,1H3. The van der Waals surface area contributed by atoms with Gasteiger partial charge in [-0.15, -0.1) is 0 Å². The van der Waals surface area contributed by atoms with Crippen LogP contribution < -0.4 is 10.5 Å². The minimum Gasteiger partial charge on any atom is -0.398 e. The first-order valence-electron chi connectivity index (χ1n) is 6.55. The largest absolute Gasteiger partial charge is 0.398 e. The molecule has 0 fully saturated rings. The Hall–Kier alpha value is -1.92. The molecule has 0 unspecified atom stereocenters. The second-order valence-electron chi connectivity index (χ2n) is 4.68. The Balaban J connectivity index is 2.15. The van der Waals surface area contributed by atoms with Crippen molar-refractivity contribution in [3.63, 3.8) is 0 Å². The molecule has 21 heavy (non-hydrogen) atoms. The number of nitrogen functional groups attached to an aromatic ring is 1. The number of hydrogen-bond donors (Lipinski definition) is 2. The van der Waals surface area contributed by atoms with Gasteiger partial charge in [-0.3, -0.25) is 0 Å². The summed E-state index contributed by atoms with van der Waals surface area (Å²) in [5, 5.41) is 0. The molecule has 0 saturated carbocycles. The molecule has 2 aromatic carbocycles. The molecule has 0 atom stereocenters. The summed E-state index contributed by atoms with van der Waals surface area (Å²) in [5.74, 6) is -0.642. The lowest BCUT2D eigenvalue weighted by molar-refractivity contribution is 0.578. The molecule has 0 amide bonds. The van der Waals surface area contributed by atoms with E-state index in [2.05, 4.69) is 4.72 Å². The maximum absolute atomic E-state index is 13.2. The van der Waals surface area contributed by atoms with E-state index < -0.39 is 15.8 Å². The summed E-state index contributed by atoms with van der Waals surface area (Å²) in [5.41, 5.74) is 7.62. The highest BCUT2D eigenvalue weighted by atomic mass is 32.2. The molecule has 0 saturated heterocycles. The van der Waals surface area contributed by atoms with Crippen LogP contribution in [0.2, 0.25) is 0 Å². The number of nitrogens with one attached hydrogen (secondary N) is 1. The van der Waals surface area contributed by atoms with Crippen LogP contribution in [0.3, 0.4) is 0 Å². The van der Waals surface area contributed by atoms with Gasteiger partial charge in [-0.2, -0.15) is 0 Å². The Kier molecular flexibility index (Phi) is 4.59. The molecule has 6 heteroatoms. The first-order valence-corrected chi connectivity index (χ1v) is 8.03. The van der Waals surface area contributed by atoms with Gasteiger partial charge in [0.2, 0.25) is 10.0 Å². The average Bonchev–Trinajstić information content (AvgIpc) is 2.48. The molecule has 2 aromatic rings. The molecule has 2 rings (SSSR count). The number of aryl methyl sites for hydroxylation is 1. The highest BCUT2D eigenvalue weighted by Gasteiger charge is 2.17. The summed E-state index contributed by atoms with van der Waals surface area (Å²) >= 11 is 0. The van der Waals surface area contributed by atoms with Crippen LogP contribution in [0.1, 0.15) is 18.1 Å². The number of benzene rings is 2. The zero-order valence-electron chi connectivity index (χ0n) is 11.6. The third-order valence-electron chi connectivity index (χ3n) is 3.16. The molecule has 0 spiro atoms. The molecule has 0 aliphatic heterocycles. The summed E-state index contributed by atoms with van der Waals surface area (Å²) in [6, 6.07) is 10.9. The summed E-state index contributed by atoms with van der Waals surface area (Å²) in [6.45, 7) is 2.17. The van der Waals surface area contributed by atoms with Crippen LogP contribution in [0.15, 0.2) is 47.4 Å². The van der Waals surface area contributed by atoms with Crippen LogP contribution in [-0.2, 0) is 23.0 Å². The number of hydrogen-bond acceptors (Lipinski definition) is 3. The third-order valence-corrected chi connectivity index (χ3v) is 4.62. The highest BCUT2D eigenvalue weighted by molar-refractivity contribution is 7.89. The Morgan fingerprint density at radius 2 is 1.71 bits per heavy atom. The van der Waals surface area contributed by atoms with Crippen LogP contribution in [0.5, 0.6) is 0 Å². The molecule has 0 radical (unpaired) electrons. The molecule has 112 valence electrons. The first-order chi connectivity index (χ1) is 9.92. The lowest BCUT2D eigenvalue weighted by Gasteiger charge is -2.09. The summed E-state index contributed by atoms with van der Waals surface area (Å²) in [7, 11) is -3.84. The van der Waals surface area contributed by atoms with E-state index in [1.807, 2.05) is 31.2 Å². The Morgan fingerprint density at radius 1 is 1.10 bits per heavy atom. The molecule has 0 heterocycles.